The molecular formula is C40H36F3N5O5. The summed E-state index contributed by atoms with van der Waals surface area (Å²) in [5.74, 6) is -1.76. The molecule has 3 fully saturated rings. The highest BCUT2D eigenvalue weighted by atomic mass is 19.1. The predicted molar refractivity (Wildman–Crippen MR) is 187 cm³/mol. The number of esters is 1. The summed E-state index contributed by atoms with van der Waals surface area (Å²) in [4.78, 5) is 36.7. The molecule has 0 N–H and O–H groups in total. The van der Waals surface area contributed by atoms with Crippen molar-refractivity contribution in [2.24, 2.45) is 5.92 Å². The van der Waals surface area contributed by atoms with E-state index in [9.17, 15) is 14.0 Å². The third-order valence-corrected chi connectivity index (χ3v) is 9.71. The molecule has 3 aliphatic rings. The minimum absolute atomic E-state index is 0.0408. The number of carbonyl (C=O) groups excluding carboxylic acids is 2. The lowest BCUT2D eigenvalue weighted by Crippen LogP contribution is -2.52. The fraction of sp³-hybridized carbons (Fsp3) is 0.325. The van der Waals surface area contributed by atoms with Gasteiger partial charge in [-0.05, 0) is 93.6 Å². The lowest BCUT2D eigenvalue weighted by Gasteiger charge is -2.43. The first-order valence-corrected chi connectivity index (χ1v) is 17.1. The number of fused-ring (bicyclic) bond motifs is 2. The largest absolute Gasteiger partial charge is 0.473 e. The maximum Gasteiger partial charge on any atom is 0.410 e. The van der Waals surface area contributed by atoms with Crippen molar-refractivity contribution in [3.63, 3.8) is 0 Å². The number of pyridine rings is 1. The average Bonchev–Trinajstić information content (AvgIpc) is 3.77. The van der Waals surface area contributed by atoms with Crippen LogP contribution in [0.1, 0.15) is 66.5 Å². The average molecular weight is 724 g/mol. The number of benzene rings is 3. The van der Waals surface area contributed by atoms with Crippen LogP contribution in [-0.2, 0) is 29.0 Å². The van der Waals surface area contributed by atoms with Crippen LogP contribution in [0.2, 0.25) is 0 Å². The first kappa shape index (κ1) is 35.5. The molecule has 10 nitrogen and oxygen atoms in total. The van der Waals surface area contributed by atoms with E-state index >= 15 is 8.78 Å². The van der Waals surface area contributed by atoms with Crippen LogP contribution in [-0.4, -0.2) is 56.3 Å². The van der Waals surface area contributed by atoms with Gasteiger partial charge in [-0.15, -0.1) is 0 Å². The number of nitriles is 1. The summed E-state index contributed by atoms with van der Waals surface area (Å²) in [6.07, 6.45) is 0.992. The molecule has 2 aromatic heterocycles. The van der Waals surface area contributed by atoms with E-state index in [1.165, 1.54) is 31.4 Å². The molecule has 4 heterocycles. The van der Waals surface area contributed by atoms with Crippen molar-refractivity contribution >= 4 is 23.1 Å². The van der Waals surface area contributed by atoms with Crippen LogP contribution in [0.5, 0.6) is 5.88 Å². The van der Waals surface area contributed by atoms with Crippen LogP contribution in [0, 0.1) is 34.7 Å². The first-order valence-electron chi connectivity index (χ1n) is 17.1. The van der Waals surface area contributed by atoms with Crippen molar-refractivity contribution in [3.8, 4) is 23.2 Å². The SMILES string of the molecule is COC(=O)c1ccc2nc(Cc3cc(F)c(-c4cccc(OCc5ccc(C#N)cc5F)n4)cc3F)n(CC34CC(CN3C(=O)OC(C)(C)C)C4)c2c1. The number of imidazole rings is 1. The number of nitrogens with zero attached hydrogens (tertiary/aromatic N) is 5. The molecule has 0 radical (unpaired) electrons. The molecule has 2 saturated heterocycles. The van der Waals surface area contributed by atoms with Gasteiger partial charge >= 0.3 is 12.1 Å². The number of ether oxygens (including phenoxy) is 3. The zero-order chi connectivity index (χ0) is 37.7. The minimum Gasteiger partial charge on any atom is -0.473 e. The molecule has 272 valence electrons. The Labute approximate surface area is 303 Å². The highest BCUT2D eigenvalue weighted by molar-refractivity contribution is 5.93. The molecule has 8 rings (SSSR count). The van der Waals surface area contributed by atoms with Crippen LogP contribution >= 0.6 is 0 Å². The van der Waals surface area contributed by atoms with Gasteiger partial charge in [0.05, 0.1) is 46.6 Å². The molecule has 0 atom stereocenters. The van der Waals surface area contributed by atoms with E-state index in [1.807, 2.05) is 31.4 Å². The maximum atomic E-state index is 15.9. The standard InChI is InChI=1S/C40H36F3N5O5/c1-39(2,3)53-38(50)48-20-24-17-40(48,18-24)22-47-34-14-25(37(49)51-4)10-11-33(34)45-35(47)15-27-13-31(43)28(16-30(27)42)32-6-5-7-36(46-32)52-21-26-9-8-23(19-44)12-29(26)41/h5-14,16,24H,15,17-18,20-22H2,1-4H3. The Morgan fingerprint density at radius 1 is 0.962 bits per heavy atom. The lowest BCUT2D eigenvalue weighted by molar-refractivity contribution is 0.00298. The van der Waals surface area contributed by atoms with Crippen LogP contribution < -0.4 is 4.74 Å². The van der Waals surface area contributed by atoms with Gasteiger partial charge in [-0.2, -0.15) is 5.26 Å². The van der Waals surface area contributed by atoms with Crippen LogP contribution in [0.25, 0.3) is 22.3 Å². The van der Waals surface area contributed by atoms with Gasteiger partial charge in [-0.1, -0.05) is 12.1 Å². The Morgan fingerprint density at radius 2 is 1.74 bits per heavy atom. The maximum absolute atomic E-state index is 15.9. The minimum atomic E-state index is -0.729. The zero-order valence-electron chi connectivity index (χ0n) is 29.6. The molecule has 1 saturated carbocycles. The second-order valence-electron chi connectivity index (χ2n) is 14.6. The van der Waals surface area contributed by atoms with Gasteiger partial charge in [-0.3, -0.25) is 0 Å². The number of hydrogen-bond acceptors (Lipinski definition) is 8. The van der Waals surface area contributed by atoms with Gasteiger partial charge in [0.1, 0.15) is 35.5 Å². The van der Waals surface area contributed by atoms with Crippen molar-refractivity contribution in [2.45, 2.75) is 64.3 Å². The summed E-state index contributed by atoms with van der Waals surface area (Å²) in [7, 11) is 1.29. The number of methoxy groups -OCH3 is 1. The normalized spacial score (nSPS) is 17.7. The fourth-order valence-corrected chi connectivity index (χ4v) is 7.26. The van der Waals surface area contributed by atoms with Crippen molar-refractivity contribution in [1.29, 1.82) is 5.26 Å². The van der Waals surface area contributed by atoms with E-state index in [2.05, 4.69) is 4.98 Å². The van der Waals surface area contributed by atoms with E-state index < -0.39 is 40.7 Å². The number of aromatic nitrogens is 3. The first-order chi connectivity index (χ1) is 25.3. The Hall–Kier alpha value is -5.90. The van der Waals surface area contributed by atoms with E-state index in [0.29, 0.717) is 41.4 Å². The van der Waals surface area contributed by atoms with Crippen LogP contribution in [0.15, 0.2) is 66.7 Å². The summed E-state index contributed by atoms with van der Waals surface area (Å²) >= 11 is 0. The van der Waals surface area contributed by atoms with Crippen molar-refractivity contribution in [1.82, 2.24) is 19.4 Å². The molecule has 13 heteroatoms. The number of hydrogen-bond donors (Lipinski definition) is 0. The number of carbonyl (C=O) groups is 2. The quantitative estimate of drug-likeness (QED) is 0.142. The fourth-order valence-electron chi connectivity index (χ4n) is 7.26. The van der Waals surface area contributed by atoms with Crippen molar-refractivity contribution in [2.75, 3.05) is 13.7 Å². The third-order valence-electron chi connectivity index (χ3n) is 9.71. The smallest absolute Gasteiger partial charge is 0.410 e. The summed E-state index contributed by atoms with van der Waals surface area (Å²) in [5.41, 5.74) is 0.600. The van der Waals surface area contributed by atoms with Gasteiger partial charge in [0.2, 0.25) is 5.88 Å². The summed E-state index contributed by atoms with van der Waals surface area (Å²) in [6, 6.07) is 17.6. The van der Waals surface area contributed by atoms with E-state index in [1.54, 1.807) is 29.2 Å². The van der Waals surface area contributed by atoms with Gasteiger partial charge < -0.3 is 23.7 Å². The number of halogens is 3. The van der Waals surface area contributed by atoms with E-state index in [-0.39, 0.29) is 46.9 Å². The monoisotopic (exact) mass is 723 g/mol. The summed E-state index contributed by atoms with van der Waals surface area (Å²) in [6.45, 7) is 6.12. The van der Waals surface area contributed by atoms with E-state index in [4.69, 9.17) is 24.5 Å². The van der Waals surface area contributed by atoms with Gasteiger partial charge in [0.25, 0.3) is 0 Å². The topological polar surface area (TPSA) is 120 Å². The summed E-state index contributed by atoms with van der Waals surface area (Å²) < 4.78 is 64.3. The van der Waals surface area contributed by atoms with Gasteiger partial charge in [-0.25, -0.2) is 32.7 Å². The van der Waals surface area contributed by atoms with Crippen molar-refractivity contribution in [3.05, 3.63) is 112 Å². The predicted octanol–water partition coefficient (Wildman–Crippen LogP) is 7.74. The molecule has 2 aliphatic heterocycles. The molecule has 3 aromatic carbocycles. The molecule has 0 unspecified atom stereocenters. The highest BCUT2D eigenvalue weighted by Crippen LogP contribution is 2.52. The third kappa shape index (κ3) is 7.01. The number of rotatable bonds is 9. The van der Waals surface area contributed by atoms with Crippen molar-refractivity contribution < 1.29 is 37.0 Å². The van der Waals surface area contributed by atoms with Crippen LogP contribution in [0.3, 0.4) is 0 Å². The Bertz CT molecular complexity index is 2300. The highest BCUT2D eigenvalue weighted by Gasteiger charge is 2.59. The molecule has 1 aliphatic carbocycles. The number of amides is 1. The molecule has 5 aromatic rings. The second-order valence-corrected chi connectivity index (χ2v) is 14.6. The van der Waals surface area contributed by atoms with Crippen LogP contribution in [0.4, 0.5) is 18.0 Å². The Morgan fingerprint density at radius 3 is 2.45 bits per heavy atom. The molecule has 1 amide bonds. The molecule has 0 spiro atoms. The second kappa shape index (κ2) is 13.6. The lowest BCUT2D eigenvalue weighted by atomic mass is 9.73. The van der Waals surface area contributed by atoms with Gasteiger partial charge in [0, 0.05) is 36.7 Å². The zero-order valence-corrected chi connectivity index (χ0v) is 29.6. The molecular weight excluding hydrogens is 687 g/mol. The molecule has 53 heavy (non-hydrogen) atoms. The summed E-state index contributed by atoms with van der Waals surface area (Å²) in [5, 5.41) is 8.98. The van der Waals surface area contributed by atoms with E-state index in [0.717, 1.165) is 31.0 Å². The Kier molecular flexibility index (Phi) is 9.10. The molecule has 2 bridgehead atoms. The Balaban J connectivity index is 1.18. The van der Waals surface area contributed by atoms with Gasteiger partial charge in [0.15, 0.2) is 0 Å².